The van der Waals surface area contributed by atoms with Crippen molar-refractivity contribution in [1.82, 2.24) is 0 Å². The lowest BCUT2D eigenvalue weighted by Crippen LogP contribution is -2.46. The molecule has 5 nitrogen and oxygen atoms in total. The van der Waals surface area contributed by atoms with Crippen LogP contribution in [0, 0.1) is 34.0 Å². The van der Waals surface area contributed by atoms with Gasteiger partial charge >= 0.3 is 0 Å². The molecule has 2 aliphatic heterocycles. The van der Waals surface area contributed by atoms with Crippen molar-refractivity contribution in [3.8, 4) is 12.1 Å². The van der Waals surface area contributed by atoms with Crippen molar-refractivity contribution in [3.05, 3.63) is 106 Å². The Labute approximate surface area is 205 Å². The van der Waals surface area contributed by atoms with E-state index in [9.17, 15) is 20.1 Å². The average molecular weight is 508 g/mol. The molecule has 6 heteroatoms. The number of hydrogen-bond acceptors (Lipinski definition) is 5. The first-order valence-electron chi connectivity index (χ1n) is 10.8. The fourth-order valence-electron chi connectivity index (χ4n) is 5.11. The predicted octanol–water partition coefficient (Wildman–Crippen LogP) is 5.45. The molecule has 0 bridgehead atoms. The van der Waals surface area contributed by atoms with Crippen LogP contribution in [0.4, 0.5) is 5.69 Å². The first-order chi connectivity index (χ1) is 16.5. The number of para-hydroxylation sites is 1. The van der Waals surface area contributed by atoms with E-state index in [1.165, 1.54) is 0 Å². The minimum Gasteiger partial charge on any atom is -0.351 e. The van der Waals surface area contributed by atoms with E-state index in [0.717, 1.165) is 15.7 Å². The van der Waals surface area contributed by atoms with Crippen LogP contribution in [0.2, 0.25) is 0 Å². The van der Waals surface area contributed by atoms with E-state index in [2.05, 4.69) is 28.1 Å². The summed E-state index contributed by atoms with van der Waals surface area (Å²) in [5, 5.41) is 20.9. The van der Waals surface area contributed by atoms with Gasteiger partial charge in [0.2, 0.25) is 0 Å². The largest absolute Gasteiger partial charge is 0.351 e. The molecule has 3 aromatic carbocycles. The third kappa shape index (κ3) is 3.11. The van der Waals surface area contributed by atoms with E-state index >= 15 is 0 Å². The van der Waals surface area contributed by atoms with Gasteiger partial charge in [0.05, 0.1) is 18.2 Å². The number of hydrogen-bond donors (Lipinski definition) is 0. The van der Waals surface area contributed by atoms with Crippen LogP contribution >= 0.6 is 15.9 Å². The summed E-state index contributed by atoms with van der Waals surface area (Å²) in [6.07, 6.45) is 3.65. The normalized spacial score (nSPS) is 24.4. The lowest BCUT2D eigenvalue weighted by Gasteiger charge is -2.36. The number of benzene rings is 3. The number of fused-ring (bicyclic) bond motifs is 3. The molecular formula is C28H18BrN3O2. The van der Waals surface area contributed by atoms with Gasteiger partial charge in [0.15, 0.2) is 17.0 Å². The third-order valence-corrected chi connectivity index (χ3v) is 7.21. The van der Waals surface area contributed by atoms with Crippen molar-refractivity contribution in [2.75, 3.05) is 4.90 Å². The Morgan fingerprint density at radius 1 is 0.882 bits per heavy atom. The van der Waals surface area contributed by atoms with Gasteiger partial charge < -0.3 is 4.90 Å². The van der Waals surface area contributed by atoms with Crippen molar-refractivity contribution < 1.29 is 9.59 Å². The molecule has 1 saturated heterocycles. The molecule has 1 fully saturated rings. The number of nitriles is 2. The molecule has 0 aliphatic carbocycles. The zero-order valence-corrected chi connectivity index (χ0v) is 19.5. The van der Waals surface area contributed by atoms with Gasteiger partial charge in [-0.25, -0.2) is 0 Å². The Morgan fingerprint density at radius 3 is 2.24 bits per heavy atom. The molecule has 3 aromatic rings. The molecule has 0 radical (unpaired) electrons. The van der Waals surface area contributed by atoms with E-state index in [1.807, 2.05) is 30.3 Å². The van der Waals surface area contributed by atoms with Gasteiger partial charge in [0, 0.05) is 21.3 Å². The summed E-state index contributed by atoms with van der Waals surface area (Å²) in [4.78, 5) is 29.6. The van der Waals surface area contributed by atoms with Gasteiger partial charge in [-0.3, -0.25) is 9.59 Å². The third-order valence-electron chi connectivity index (χ3n) is 6.68. The van der Waals surface area contributed by atoms with Crippen LogP contribution in [0.3, 0.4) is 0 Å². The Morgan fingerprint density at radius 2 is 1.56 bits per heavy atom. The number of nitrogens with zero attached hydrogens (tertiary/aromatic N) is 3. The SMILES string of the molecule is N#C[C@H]1[C@H](C(=O)c2ccc(Br)cc2)N2c3ccccc3C=C[C@H]2[C@]1(C#N)C(=O)c1ccccc1. The molecule has 0 amide bonds. The molecule has 0 N–H and O–H groups in total. The van der Waals surface area contributed by atoms with E-state index in [4.69, 9.17) is 0 Å². The summed E-state index contributed by atoms with van der Waals surface area (Å²) >= 11 is 3.38. The highest BCUT2D eigenvalue weighted by Crippen LogP contribution is 2.52. The second-order valence-electron chi connectivity index (χ2n) is 8.37. The van der Waals surface area contributed by atoms with Gasteiger partial charge in [-0.05, 0) is 23.8 Å². The summed E-state index contributed by atoms with van der Waals surface area (Å²) in [6, 6.07) is 25.6. The molecule has 2 heterocycles. The molecule has 2 aliphatic rings. The maximum Gasteiger partial charge on any atom is 0.186 e. The Balaban J connectivity index is 1.74. The average Bonchev–Trinajstić information content (AvgIpc) is 3.19. The summed E-state index contributed by atoms with van der Waals surface area (Å²) in [7, 11) is 0. The van der Waals surface area contributed by atoms with Crippen LogP contribution in [0.15, 0.2) is 89.4 Å². The van der Waals surface area contributed by atoms with Crippen molar-refractivity contribution in [1.29, 1.82) is 10.5 Å². The van der Waals surface area contributed by atoms with Crippen LogP contribution in [0.1, 0.15) is 26.3 Å². The molecule has 0 unspecified atom stereocenters. The maximum atomic E-state index is 13.9. The molecule has 0 spiro atoms. The molecular weight excluding hydrogens is 490 g/mol. The van der Waals surface area contributed by atoms with Crippen molar-refractivity contribution in [2.45, 2.75) is 12.1 Å². The van der Waals surface area contributed by atoms with Gasteiger partial charge in [-0.2, -0.15) is 10.5 Å². The Kier molecular flexibility index (Phi) is 5.40. The van der Waals surface area contributed by atoms with Crippen molar-refractivity contribution >= 4 is 39.3 Å². The van der Waals surface area contributed by atoms with Crippen LogP contribution in [0.5, 0.6) is 0 Å². The van der Waals surface area contributed by atoms with Crippen molar-refractivity contribution in [2.24, 2.45) is 11.3 Å². The Bertz CT molecular complexity index is 1400. The zero-order valence-electron chi connectivity index (χ0n) is 17.9. The minimum atomic E-state index is -1.75. The molecule has 164 valence electrons. The van der Waals surface area contributed by atoms with Gasteiger partial charge in [-0.1, -0.05) is 88.7 Å². The maximum absolute atomic E-state index is 13.9. The quantitative estimate of drug-likeness (QED) is 0.438. The van der Waals surface area contributed by atoms with Crippen LogP contribution in [-0.2, 0) is 0 Å². The highest BCUT2D eigenvalue weighted by atomic mass is 79.9. The summed E-state index contributed by atoms with van der Waals surface area (Å²) in [5.74, 6) is -1.93. The summed E-state index contributed by atoms with van der Waals surface area (Å²) in [5.41, 5.74) is 0.595. The van der Waals surface area contributed by atoms with E-state index in [1.54, 1.807) is 65.6 Å². The van der Waals surface area contributed by atoms with E-state index in [0.29, 0.717) is 11.1 Å². The lowest BCUT2D eigenvalue weighted by atomic mass is 9.67. The number of carbonyl (C=O) groups is 2. The number of ketones is 2. The lowest BCUT2D eigenvalue weighted by molar-refractivity contribution is 0.0819. The highest BCUT2D eigenvalue weighted by Gasteiger charge is 2.66. The second-order valence-corrected chi connectivity index (χ2v) is 9.28. The number of Topliss-reactive ketones (excluding diaryl/α,β-unsaturated/α-hetero) is 2. The van der Waals surface area contributed by atoms with Crippen LogP contribution in [-0.4, -0.2) is 23.7 Å². The monoisotopic (exact) mass is 507 g/mol. The number of anilines is 1. The fourth-order valence-corrected chi connectivity index (χ4v) is 5.38. The van der Waals surface area contributed by atoms with Crippen LogP contribution < -0.4 is 4.90 Å². The van der Waals surface area contributed by atoms with E-state index < -0.39 is 29.2 Å². The Hall–Kier alpha value is -4.00. The van der Waals surface area contributed by atoms with Gasteiger partial charge in [0.25, 0.3) is 0 Å². The molecule has 4 atom stereocenters. The molecule has 5 rings (SSSR count). The second kappa shape index (κ2) is 8.41. The van der Waals surface area contributed by atoms with Crippen molar-refractivity contribution in [3.63, 3.8) is 0 Å². The predicted molar refractivity (Wildman–Crippen MR) is 132 cm³/mol. The topological polar surface area (TPSA) is 85.0 Å². The first-order valence-corrected chi connectivity index (χ1v) is 11.6. The standard InChI is InChI=1S/C28H18BrN3O2/c29-21-13-10-19(11-14-21)26(33)25-22(16-30)28(17-31,27(34)20-7-2-1-3-8-20)24-15-12-18-6-4-5-9-23(18)32(24)25/h1-15,22,24-25H/t22-,24-,25+,28+/m0/s1. The summed E-state index contributed by atoms with van der Waals surface area (Å²) in [6.45, 7) is 0. The highest BCUT2D eigenvalue weighted by molar-refractivity contribution is 9.10. The molecule has 0 aromatic heterocycles. The van der Waals surface area contributed by atoms with E-state index in [-0.39, 0.29) is 5.78 Å². The molecule has 34 heavy (non-hydrogen) atoms. The zero-order chi connectivity index (χ0) is 23.9. The molecule has 0 saturated carbocycles. The van der Waals surface area contributed by atoms with Gasteiger partial charge in [0.1, 0.15) is 12.0 Å². The van der Waals surface area contributed by atoms with Crippen LogP contribution in [0.25, 0.3) is 6.08 Å². The smallest absolute Gasteiger partial charge is 0.186 e. The fraction of sp³-hybridized carbons (Fsp3) is 0.143. The minimum absolute atomic E-state index is 0.299. The summed E-state index contributed by atoms with van der Waals surface area (Å²) < 4.78 is 0.821. The number of carbonyl (C=O) groups excluding carboxylic acids is 2. The first kappa shape index (κ1) is 21.8. The number of halogens is 1. The van der Waals surface area contributed by atoms with Gasteiger partial charge in [-0.15, -0.1) is 0 Å². The number of rotatable bonds is 4.